The molecule has 0 radical (unpaired) electrons. The molecule has 17 heavy (non-hydrogen) atoms. The molecular formula is C11H13KN2O2S. The third-order valence-electron chi connectivity index (χ3n) is 2.45. The Morgan fingerprint density at radius 2 is 2.18 bits per heavy atom. The summed E-state index contributed by atoms with van der Waals surface area (Å²) in [6.45, 7) is 1.73. The van der Waals surface area contributed by atoms with Crippen molar-refractivity contribution < 1.29 is 62.8 Å². The Kier molecular flexibility index (Phi) is 5.58. The first kappa shape index (κ1) is 15.1. The molecule has 1 atom stereocenters. The maximum atomic E-state index is 10.8. The van der Waals surface area contributed by atoms with Gasteiger partial charge in [0, 0.05) is 9.58 Å². The molecular weight excluding hydrogens is 263 g/mol. The Labute approximate surface area is 147 Å². The van der Waals surface area contributed by atoms with Crippen LogP contribution < -0.4 is 57.1 Å². The topological polar surface area (TPSA) is 66.6 Å². The number of fused-ring (bicyclic) bond motifs is 1. The molecule has 0 aliphatic heterocycles. The molecule has 86 valence electrons. The van der Waals surface area contributed by atoms with Gasteiger partial charge in [-0.15, -0.1) is 11.3 Å². The summed E-state index contributed by atoms with van der Waals surface area (Å²) in [4.78, 5) is 11.7. The number of hydrogen-bond acceptors (Lipinski definition) is 3. The molecule has 2 aromatic rings. The molecule has 2 amide bonds. The van der Waals surface area contributed by atoms with Crippen LogP contribution in [0.3, 0.4) is 0 Å². The van der Waals surface area contributed by atoms with Gasteiger partial charge in [-0.05, 0) is 24.4 Å². The largest absolute Gasteiger partial charge is 1.00 e. The molecule has 0 fully saturated rings. The predicted molar refractivity (Wildman–Crippen MR) is 64.6 cm³/mol. The molecule has 1 unspecified atom stereocenters. The summed E-state index contributed by atoms with van der Waals surface area (Å²) < 4.78 is 1.13. The van der Waals surface area contributed by atoms with Crippen molar-refractivity contribution in [1.82, 2.24) is 5.06 Å². The summed E-state index contributed by atoms with van der Waals surface area (Å²) in [6.07, 6.45) is 0. The van der Waals surface area contributed by atoms with Gasteiger partial charge in [-0.3, -0.25) is 5.21 Å². The third-order valence-corrected chi connectivity index (χ3v) is 3.74. The first-order chi connectivity index (χ1) is 7.59. The summed E-state index contributed by atoms with van der Waals surface area (Å²) in [5, 5.41) is 11.1. The van der Waals surface area contributed by atoms with E-state index in [-0.39, 0.29) is 52.8 Å². The van der Waals surface area contributed by atoms with Crippen LogP contribution in [-0.2, 0) is 0 Å². The molecule has 0 saturated heterocycles. The van der Waals surface area contributed by atoms with Crippen LogP contribution in [0.2, 0.25) is 0 Å². The quantitative estimate of drug-likeness (QED) is 0.455. The zero-order valence-electron chi connectivity index (χ0n) is 10.8. The van der Waals surface area contributed by atoms with E-state index in [9.17, 15) is 10.0 Å². The fourth-order valence-corrected chi connectivity index (χ4v) is 2.62. The van der Waals surface area contributed by atoms with Gasteiger partial charge in [0.2, 0.25) is 0 Å². The molecule has 0 saturated carbocycles. The SMILES string of the molecule is CC(c1cc2ccccc2s1)N(O)C(N)=O.[H-].[K+]. The maximum absolute atomic E-state index is 10.8. The number of nitrogens with zero attached hydrogens (tertiary/aromatic N) is 1. The van der Waals surface area contributed by atoms with Crippen molar-refractivity contribution in [2.75, 3.05) is 0 Å². The van der Waals surface area contributed by atoms with Crippen LogP contribution in [0.5, 0.6) is 0 Å². The molecule has 0 aliphatic carbocycles. The number of amides is 2. The van der Waals surface area contributed by atoms with Crippen LogP contribution in [-0.4, -0.2) is 16.3 Å². The second-order valence-electron chi connectivity index (χ2n) is 3.55. The van der Waals surface area contributed by atoms with E-state index in [1.807, 2.05) is 30.3 Å². The van der Waals surface area contributed by atoms with E-state index >= 15 is 0 Å². The fraction of sp³-hybridized carbons (Fsp3) is 0.182. The number of hydrogen-bond donors (Lipinski definition) is 2. The molecule has 1 aromatic carbocycles. The van der Waals surface area contributed by atoms with Gasteiger partial charge in [0.15, 0.2) is 0 Å². The van der Waals surface area contributed by atoms with Crippen molar-refractivity contribution in [3.63, 3.8) is 0 Å². The minimum Gasteiger partial charge on any atom is -1.00 e. The number of hydroxylamine groups is 2. The molecule has 4 nitrogen and oxygen atoms in total. The fourth-order valence-electron chi connectivity index (χ4n) is 1.52. The molecule has 1 aromatic heterocycles. The number of carbonyl (C=O) groups excluding carboxylic acids is 1. The van der Waals surface area contributed by atoms with Gasteiger partial charge < -0.3 is 7.16 Å². The van der Waals surface area contributed by atoms with E-state index < -0.39 is 12.1 Å². The Bertz CT molecular complexity index is 501. The van der Waals surface area contributed by atoms with Crippen molar-refractivity contribution in [2.24, 2.45) is 5.73 Å². The second kappa shape index (κ2) is 6.28. The number of thiophene rings is 1. The number of nitrogens with two attached hydrogens (primary N) is 1. The van der Waals surface area contributed by atoms with E-state index in [1.165, 1.54) is 0 Å². The minimum absolute atomic E-state index is 0. The van der Waals surface area contributed by atoms with Crippen molar-refractivity contribution in [3.05, 3.63) is 35.2 Å². The van der Waals surface area contributed by atoms with Gasteiger partial charge in [0.1, 0.15) is 0 Å². The number of carbonyl (C=O) groups is 1. The summed E-state index contributed by atoms with van der Waals surface area (Å²) in [7, 11) is 0. The van der Waals surface area contributed by atoms with Crippen molar-refractivity contribution in [2.45, 2.75) is 13.0 Å². The molecule has 2 rings (SSSR count). The van der Waals surface area contributed by atoms with E-state index in [0.717, 1.165) is 15.0 Å². The van der Waals surface area contributed by atoms with Crippen molar-refractivity contribution >= 4 is 27.5 Å². The monoisotopic (exact) mass is 276 g/mol. The first-order valence-corrected chi connectivity index (χ1v) is 5.67. The summed E-state index contributed by atoms with van der Waals surface area (Å²) in [6, 6.07) is 8.60. The first-order valence-electron chi connectivity index (χ1n) is 4.85. The van der Waals surface area contributed by atoms with Gasteiger partial charge in [0.25, 0.3) is 0 Å². The number of primary amides is 1. The van der Waals surface area contributed by atoms with Gasteiger partial charge in [-0.25, -0.2) is 4.79 Å². The van der Waals surface area contributed by atoms with E-state index in [4.69, 9.17) is 5.73 Å². The number of rotatable bonds is 2. The van der Waals surface area contributed by atoms with Gasteiger partial charge >= 0.3 is 57.4 Å². The molecule has 0 aliphatic rings. The molecule has 1 heterocycles. The molecule has 0 bridgehead atoms. The number of benzene rings is 1. The Hall–Kier alpha value is 0.0464. The zero-order valence-corrected chi connectivity index (χ0v) is 13.7. The zero-order chi connectivity index (χ0) is 11.7. The van der Waals surface area contributed by atoms with Crippen molar-refractivity contribution in [1.29, 1.82) is 0 Å². The van der Waals surface area contributed by atoms with Crippen LogP contribution in [0.1, 0.15) is 19.3 Å². The van der Waals surface area contributed by atoms with Crippen LogP contribution >= 0.6 is 11.3 Å². The molecule has 3 N–H and O–H groups in total. The van der Waals surface area contributed by atoms with Gasteiger partial charge in [-0.2, -0.15) is 5.06 Å². The van der Waals surface area contributed by atoms with Crippen LogP contribution in [0, 0.1) is 0 Å². The minimum atomic E-state index is -0.843. The summed E-state index contributed by atoms with van der Waals surface area (Å²) >= 11 is 1.54. The maximum Gasteiger partial charge on any atom is 1.00 e. The summed E-state index contributed by atoms with van der Waals surface area (Å²) in [5.74, 6) is 0. The van der Waals surface area contributed by atoms with Crippen LogP contribution in [0.25, 0.3) is 10.1 Å². The summed E-state index contributed by atoms with van der Waals surface area (Å²) in [5.41, 5.74) is 5.01. The predicted octanol–water partition coefficient (Wildman–Crippen LogP) is -0.151. The van der Waals surface area contributed by atoms with Crippen LogP contribution in [0.15, 0.2) is 30.3 Å². The van der Waals surface area contributed by atoms with E-state index in [0.29, 0.717) is 5.06 Å². The standard InChI is InChI=1S/C11H12N2O2S.K.H/c1-7(13(15)11(12)14)10-6-8-4-2-3-5-9(8)16-10;;/h2-7,15H,1H3,(H2,12,14);;/q;+1;-1. The van der Waals surface area contributed by atoms with Crippen LogP contribution in [0.4, 0.5) is 4.79 Å². The smallest absolute Gasteiger partial charge is 1.00 e. The van der Waals surface area contributed by atoms with Crippen molar-refractivity contribution in [3.8, 4) is 0 Å². The molecule has 0 spiro atoms. The van der Waals surface area contributed by atoms with E-state index in [2.05, 4.69) is 0 Å². The van der Waals surface area contributed by atoms with Gasteiger partial charge in [0.05, 0.1) is 6.04 Å². The average molecular weight is 276 g/mol. The van der Waals surface area contributed by atoms with E-state index in [1.54, 1.807) is 18.3 Å². The third kappa shape index (κ3) is 3.28. The normalized spacial score (nSPS) is 11.9. The Balaban J connectivity index is 0.00000144. The Morgan fingerprint density at radius 1 is 1.53 bits per heavy atom. The molecule has 6 heteroatoms. The average Bonchev–Trinajstić information content (AvgIpc) is 2.70. The Morgan fingerprint density at radius 3 is 2.76 bits per heavy atom. The second-order valence-corrected chi connectivity index (χ2v) is 4.66. The van der Waals surface area contributed by atoms with Gasteiger partial charge in [-0.1, -0.05) is 18.2 Å². The number of urea groups is 1.